The van der Waals surface area contributed by atoms with E-state index in [1.807, 2.05) is 61.3 Å². The van der Waals surface area contributed by atoms with Gasteiger partial charge in [0.25, 0.3) is 5.91 Å². The van der Waals surface area contributed by atoms with Crippen molar-refractivity contribution in [3.63, 3.8) is 0 Å². The van der Waals surface area contributed by atoms with Gasteiger partial charge in [0.05, 0.1) is 27.8 Å². The number of nitrogens with zero attached hydrogens (tertiary/aromatic N) is 4. The van der Waals surface area contributed by atoms with Crippen molar-refractivity contribution in [2.45, 2.75) is 39.2 Å². The van der Waals surface area contributed by atoms with Gasteiger partial charge in [-0.25, -0.2) is 9.67 Å². The van der Waals surface area contributed by atoms with Crippen LogP contribution in [-0.2, 0) is 5.54 Å². The number of carbonyl (C=O) groups excluding carboxylic acids is 1. The van der Waals surface area contributed by atoms with E-state index in [2.05, 4.69) is 17.0 Å². The van der Waals surface area contributed by atoms with Crippen molar-refractivity contribution in [3.05, 3.63) is 76.3 Å². The number of carbonyl (C=O) groups is 1. The standard InChI is InChI=1S/C24H24ClN5O/c1-15-6-9-20(30-13-5-11-26-30)17(14-15)22(31)29-12-4-10-24(29,3)23-27-19-8-7-18(25)16(2)21(19)28-23/h5-9,11,13-14H,4,10,12H2,1-3H3,(H,27,28). The largest absolute Gasteiger partial charge is 0.340 e. The van der Waals surface area contributed by atoms with E-state index < -0.39 is 5.54 Å². The van der Waals surface area contributed by atoms with Crippen LogP contribution >= 0.6 is 11.6 Å². The monoisotopic (exact) mass is 433 g/mol. The summed E-state index contributed by atoms with van der Waals surface area (Å²) in [5, 5.41) is 5.04. The summed E-state index contributed by atoms with van der Waals surface area (Å²) in [4.78, 5) is 24.2. The molecule has 0 radical (unpaired) electrons. The molecule has 1 atom stereocenters. The summed E-state index contributed by atoms with van der Waals surface area (Å²) in [6.45, 7) is 6.74. The second kappa shape index (κ2) is 7.24. The number of likely N-dealkylation sites (tertiary alicyclic amines) is 1. The molecule has 158 valence electrons. The molecule has 1 saturated heterocycles. The van der Waals surface area contributed by atoms with E-state index in [0.29, 0.717) is 17.1 Å². The molecular formula is C24H24ClN5O. The number of hydrogen-bond donors (Lipinski definition) is 1. The highest BCUT2D eigenvalue weighted by Crippen LogP contribution is 2.40. The van der Waals surface area contributed by atoms with Gasteiger partial charge in [0.2, 0.25) is 0 Å². The van der Waals surface area contributed by atoms with E-state index in [-0.39, 0.29) is 5.91 Å². The van der Waals surface area contributed by atoms with Crippen LogP contribution in [0.5, 0.6) is 0 Å². The maximum atomic E-state index is 13.9. The molecule has 2 aromatic carbocycles. The van der Waals surface area contributed by atoms with Gasteiger partial charge in [-0.3, -0.25) is 4.79 Å². The lowest BCUT2D eigenvalue weighted by atomic mass is 9.96. The first-order valence-electron chi connectivity index (χ1n) is 10.5. The molecule has 6 nitrogen and oxygen atoms in total. The van der Waals surface area contributed by atoms with E-state index in [0.717, 1.165) is 46.5 Å². The lowest BCUT2D eigenvalue weighted by Crippen LogP contribution is -2.44. The Balaban J connectivity index is 1.59. The average Bonchev–Trinajstić information content (AvgIpc) is 3.50. The fourth-order valence-electron chi connectivity index (χ4n) is 4.56. The molecule has 0 bridgehead atoms. The SMILES string of the molecule is Cc1ccc(-n2cccn2)c(C(=O)N2CCCC2(C)c2nc3c(C)c(Cl)ccc3[nH]2)c1. The van der Waals surface area contributed by atoms with Crippen molar-refractivity contribution in [2.24, 2.45) is 0 Å². The van der Waals surface area contributed by atoms with Crippen molar-refractivity contribution < 1.29 is 4.79 Å². The Kier molecular flexibility index (Phi) is 4.63. The summed E-state index contributed by atoms with van der Waals surface area (Å²) in [6.07, 6.45) is 5.34. The van der Waals surface area contributed by atoms with Crippen molar-refractivity contribution in [1.29, 1.82) is 0 Å². The molecule has 31 heavy (non-hydrogen) atoms. The number of hydrogen-bond acceptors (Lipinski definition) is 3. The van der Waals surface area contributed by atoms with Crippen LogP contribution < -0.4 is 0 Å². The zero-order valence-electron chi connectivity index (χ0n) is 17.8. The second-order valence-electron chi connectivity index (χ2n) is 8.46. The van der Waals surface area contributed by atoms with Gasteiger partial charge in [0.1, 0.15) is 5.82 Å². The molecule has 1 fully saturated rings. The van der Waals surface area contributed by atoms with Crippen LogP contribution in [0, 0.1) is 13.8 Å². The minimum absolute atomic E-state index is 0.00981. The second-order valence-corrected chi connectivity index (χ2v) is 8.87. The van der Waals surface area contributed by atoms with Gasteiger partial charge in [0, 0.05) is 24.0 Å². The highest BCUT2D eigenvalue weighted by molar-refractivity contribution is 6.32. The van der Waals surface area contributed by atoms with Crippen LogP contribution in [0.1, 0.15) is 47.1 Å². The average molecular weight is 434 g/mol. The molecule has 1 unspecified atom stereocenters. The normalized spacial score (nSPS) is 18.8. The summed E-state index contributed by atoms with van der Waals surface area (Å²) in [5.41, 5.74) is 4.67. The Bertz CT molecular complexity index is 1290. The minimum Gasteiger partial charge on any atom is -0.340 e. The number of amides is 1. The van der Waals surface area contributed by atoms with Crippen molar-refractivity contribution >= 4 is 28.5 Å². The van der Waals surface area contributed by atoms with E-state index in [1.165, 1.54) is 0 Å². The molecule has 0 aliphatic carbocycles. The van der Waals surface area contributed by atoms with Gasteiger partial charge >= 0.3 is 0 Å². The van der Waals surface area contributed by atoms with Crippen LogP contribution in [0.3, 0.4) is 0 Å². The fraction of sp³-hybridized carbons (Fsp3) is 0.292. The van der Waals surface area contributed by atoms with E-state index in [4.69, 9.17) is 16.6 Å². The summed E-state index contributed by atoms with van der Waals surface area (Å²) < 4.78 is 1.74. The zero-order valence-corrected chi connectivity index (χ0v) is 18.6. The number of aromatic amines is 1. The van der Waals surface area contributed by atoms with Gasteiger partial charge in [-0.05, 0) is 69.5 Å². The van der Waals surface area contributed by atoms with Crippen LogP contribution in [0.15, 0.2) is 48.8 Å². The number of halogens is 1. The molecule has 1 N–H and O–H groups in total. The maximum Gasteiger partial charge on any atom is 0.256 e. The number of benzene rings is 2. The first-order valence-corrected chi connectivity index (χ1v) is 10.8. The van der Waals surface area contributed by atoms with Crippen molar-refractivity contribution in [3.8, 4) is 5.69 Å². The molecule has 0 spiro atoms. The molecule has 1 aliphatic rings. The molecular weight excluding hydrogens is 410 g/mol. The van der Waals surface area contributed by atoms with Gasteiger partial charge in [-0.2, -0.15) is 5.10 Å². The molecule has 7 heteroatoms. The summed E-state index contributed by atoms with van der Waals surface area (Å²) >= 11 is 6.30. The number of rotatable bonds is 3. The Morgan fingerprint density at radius 3 is 2.84 bits per heavy atom. The lowest BCUT2D eigenvalue weighted by Gasteiger charge is -2.34. The van der Waals surface area contributed by atoms with Gasteiger partial charge in [-0.15, -0.1) is 0 Å². The number of aromatic nitrogens is 4. The van der Waals surface area contributed by atoms with Crippen molar-refractivity contribution in [2.75, 3.05) is 6.54 Å². The number of imidazole rings is 1. The topological polar surface area (TPSA) is 66.8 Å². The number of H-pyrrole nitrogens is 1. The zero-order chi connectivity index (χ0) is 21.8. The van der Waals surface area contributed by atoms with E-state index in [9.17, 15) is 4.79 Å². The molecule has 0 saturated carbocycles. The first kappa shape index (κ1) is 19.8. The number of fused-ring (bicyclic) bond motifs is 1. The third-order valence-electron chi connectivity index (χ3n) is 6.37. The summed E-state index contributed by atoms with van der Waals surface area (Å²) in [7, 11) is 0. The molecule has 4 aromatic rings. The number of aryl methyl sites for hydroxylation is 2. The minimum atomic E-state index is -0.528. The Morgan fingerprint density at radius 2 is 2.06 bits per heavy atom. The Labute approximate surface area is 185 Å². The smallest absolute Gasteiger partial charge is 0.256 e. The molecule has 3 heterocycles. The third kappa shape index (κ3) is 3.13. The molecule has 2 aromatic heterocycles. The highest BCUT2D eigenvalue weighted by atomic mass is 35.5. The Hall–Kier alpha value is -3.12. The number of nitrogens with one attached hydrogen (secondary N) is 1. The van der Waals surface area contributed by atoms with Crippen LogP contribution in [-0.4, -0.2) is 37.1 Å². The summed E-state index contributed by atoms with van der Waals surface area (Å²) in [5.74, 6) is 0.788. The quantitative estimate of drug-likeness (QED) is 0.484. The maximum absolute atomic E-state index is 13.9. The van der Waals surface area contributed by atoms with Gasteiger partial charge < -0.3 is 9.88 Å². The molecule has 1 aliphatic heterocycles. The predicted octanol–water partition coefficient (Wildman–Crippen LogP) is 5.17. The first-order chi connectivity index (χ1) is 14.9. The van der Waals surface area contributed by atoms with E-state index in [1.54, 1.807) is 10.9 Å². The van der Waals surface area contributed by atoms with Crippen LogP contribution in [0.2, 0.25) is 5.02 Å². The third-order valence-corrected chi connectivity index (χ3v) is 6.78. The van der Waals surface area contributed by atoms with Crippen LogP contribution in [0.4, 0.5) is 0 Å². The predicted molar refractivity (Wildman–Crippen MR) is 122 cm³/mol. The molecule has 5 rings (SSSR count). The molecule has 1 amide bonds. The lowest BCUT2D eigenvalue weighted by molar-refractivity contribution is 0.0605. The van der Waals surface area contributed by atoms with Crippen LogP contribution in [0.25, 0.3) is 16.7 Å². The Morgan fingerprint density at radius 1 is 1.23 bits per heavy atom. The summed E-state index contributed by atoms with van der Waals surface area (Å²) in [6, 6.07) is 11.6. The van der Waals surface area contributed by atoms with Gasteiger partial charge in [-0.1, -0.05) is 23.2 Å². The van der Waals surface area contributed by atoms with Gasteiger partial charge in [0.15, 0.2) is 0 Å². The highest BCUT2D eigenvalue weighted by Gasteiger charge is 2.44. The van der Waals surface area contributed by atoms with Crippen molar-refractivity contribution in [1.82, 2.24) is 24.6 Å². The fourth-order valence-corrected chi connectivity index (χ4v) is 4.71. The van der Waals surface area contributed by atoms with E-state index >= 15 is 0 Å².